The fourth-order valence-electron chi connectivity index (χ4n) is 2.81. The van der Waals surface area contributed by atoms with E-state index in [1.807, 2.05) is 36.2 Å². The number of benzene rings is 1. The van der Waals surface area contributed by atoms with E-state index in [1.165, 1.54) is 0 Å². The molecule has 0 unspecified atom stereocenters. The summed E-state index contributed by atoms with van der Waals surface area (Å²) in [5.41, 5.74) is 0.341. The first-order valence-electron chi connectivity index (χ1n) is 7.71. The first-order valence-corrected chi connectivity index (χ1v) is 7.71. The van der Waals surface area contributed by atoms with Crippen LogP contribution in [0.1, 0.15) is 25.0 Å². The highest BCUT2D eigenvalue weighted by molar-refractivity contribution is 14.0. The number of fused-ring (bicyclic) bond motifs is 1. The monoisotopic (exact) mass is 429 g/mol. The Labute approximate surface area is 153 Å². The number of aliphatic hydroxyl groups is 1. The average Bonchev–Trinajstić information content (AvgIpc) is 2.88. The van der Waals surface area contributed by atoms with Gasteiger partial charge in [-0.05, 0) is 31.4 Å². The number of furan rings is 1. The zero-order chi connectivity index (χ0) is 15.6. The Morgan fingerprint density at radius 2 is 2.13 bits per heavy atom. The van der Waals surface area contributed by atoms with E-state index in [0.29, 0.717) is 13.1 Å². The molecule has 1 aromatic heterocycles. The van der Waals surface area contributed by atoms with Crippen LogP contribution < -0.4 is 5.32 Å². The minimum Gasteiger partial charge on any atom is -0.459 e. The second-order valence-electron chi connectivity index (χ2n) is 6.09. The number of hydrogen-bond acceptors (Lipinski definition) is 3. The van der Waals surface area contributed by atoms with Crippen molar-refractivity contribution in [2.24, 2.45) is 4.99 Å². The Morgan fingerprint density at radius 1 is 1.39 bits per heavy atom. The van der Waals surface area contributed by atoms with Crippen molar-refractivity contribution in [1.82, 2.24) is 10.2 Å². The van der Waals surface area contributed by atoms with Gasteiger partial charge in [-0.1, -0.05) is 18.2 Å². The van der Waals surface area contributed by atoms with Gasteiger partial charge in [0.2, 0.25) is 0 Å². The molecule has 1 aliphatic carbocycles. The van der Waals surface area contributed by atoms with E-state index in [-0.39, 0.29) is 24.0 Å². The number of rotatable bonds is 4. The normalized spacial score (nSPS) is 16.6. The Balaban J connectivity index is 0.00000192. The highest BCUT2D eigenvalue weighted by Gasteiger charge is 2.34. The van der Waals surface area contributed by atoms with Crippen molar-refractivity contribution in [1.29, 1.82) is 0 Å². The quantitative estimate of drug-likeness (QED) is 0.446. The van der Waals surface area contributed by atoms with Crippen molar-refractivity contribution >= 4 is 40.9 Å². The van der Waals surface area contributed by atoms with Crippen molar-refractivity contribution in [3.8, 4) is 0 Å². The smallest absolute Gasteiger partial charge is 0.193 e. The summed E-state index contributed by atoms with van der Waals surface area (Å²) in [6.07, 6.45) is 2.83. The molecule has 126 valence electrons. The highest BCUT2D eigenvalue weighted by atomic mass is 127. The number of nitrogens with one attached hydrogen (secondary N) is 1. The molecule has 0 saturated heterocycles. The lowest BCUT2D eigenvalue weighted by molar-refractivity contribution is -0.0282. The molecule has 0 atom stereocenters. The van der Waals surface area contributed by atoms with E-state index in [2.05, 4.69) is 16.4 Å². The van der Waals surface area contributed by atoms with Crippen LogP contribution in [0.5, 0.6) is 0 Å². The lowest BCUT2D eigenvalue weighted by atomic mass is 9.80. The minimum atomic E-state index is -0.559. The van der Waals surface area contributed by atoms with E-state index in [9.17, 15) is 5.11 Å². The van der Waals surface area contributed by atoms with E-state index in [0.717, 1.165) is 42.0 Å². The Bertz CT molecular complexity index is 646. The molecule has 1 saturated carbocycles. The lowest BCUT2D eigenvalue weighted by Crippen LogP contribution is -2.50. The summed E-state index contributed by atoms with van der Waals surface area (Å²) in [4.78, 5) is 6.28. The van der Waals surface area contributed by atoms with Crippen LogP contribution in [0, 0.1) is 0 Å². The Kier molecular flexibility index (Phi) is 5.91. The lowest BCUT2D eigenvalue weighted by Gasteiger charge is -2.37. The van der Waals surface area contributed by atoms with Gasteiger partial charge in [-0.25, -0.2) is 0 Å². The van der Waals surface area contributed by atoms with E-state index >= 15 is 0 Å². The van der Waals surface area contributed by atoms with Crippen LogP contribution in [0.25, 0.3) is 11.0 Å². The third-order valence-electron chi connectivity index (χ3n) is 4.30. The van der Waals surface area contributed by atoms with Crippen LogP contribution in [0.2, 0.25) is 0 Å². The maximum Gasteiger partial charge on any atom is 0.193 e. The summed E-state index contributed by atoms with van der Waals surface area (Å²) in [5, 5.41) is 14.5. The number of nitrogens with zero attached hydrogens (tertiary/aromatic N) is 2. The molecule has 2 N–H and O–H groups in total. The van der Waals surface area contributed by atoms with Gasteiger partial charge in [-0.3, -0.25) is 4.99 Å². The van der Waals surface area contributed by atoms with Gasteiger partial charge in [0.1, 0.15) is 11.3 Å². The number of hydrogen-bond donors (Lipinski definition) is 2. The Morgan fingerprint density at radius 3 is 2.74 bits per heavy atom. The molecule has 1 fully saturated rings. The third kappa shape index (κ3) is 4.17. The molecule has 3 rings (SSSR count). The molecule has 1 heterocycles. The van der Waals surface area contributed by atoms with Crippen molar-refractivity contribution in [3.05, 3.63) is 36.1 Å². The second-order valence-corrected chi connectivity index (χ2v) is 6.09. The number of guanidine groups is 1. The minimum absolute atomic E-state index is 0. The van der Waals surface area contributed by atoms with Gasteiger partial charge in [0, 0.05) is 26.0 Å². The van der Waals surface area contributed by atoms with Gasteiger partial charge < -0.3 is 19.7 Å². The van der Waals surface area contributed by atoms with Crippen LogP contribution in [0.4, 0.5) is 0 Å². The van der Waals surface area contributed by atoms with Gasteiger partial charge in [0.05, 0.1) is 12.1 Å². The van der Waals surface area contributed by atoms with Crippen LogP contribution in [-0.4, -0.2) is 42.2 Å². The molecule has 6 heteroatoms. The average molecular weight is 429 g/mol. The molecule has 0 amide bonds. The molecule has 0 radical (unpaired) electrons. The van der Waals surface area contributed by atoms with Crippen LogP contribution >= 0.6 is 24.0 Å². The SMILES string of the molecule is CN=C(NCC1(O)CCC1)N(C)Cc1cc2ccccc2o1.I. The molecule has 2 aromatic rings. The largest absolute Gasteiger partial charge is 0.459 e. The molecule has 0 aliphatic heterocycles. The molecule has 1 aromatic carbocycles. The third-order valence-corrected chi connectivity index (χ3v) is 4.30. The first kappa shape index (κ1) is 18.1. The van der Waals surface area contributed by atoms with Crippen molar-refractivity contribution in [3.63, 3.8) is 0 Å². The van der Waals surface area contributed by atoms with E-state index < -0.39 is 5.60 Å². The summed E-state index contributed by atoms with van der Waals surface area (Å²) in [6.45, 7) is 1.18. The molecule has 0 bridgehead atoms. The summed E-state index contributed by atoms with van der Waals surface area (Å²) in [5.74, 6) is 1.66. The molecular weight excluding hydrogens is 405 g/mol. The molecule has 0 spiro atoms. The zero-order valence-electron chi connectivity index (χ0n) is 13.6. The molecule has 1 aliphatic rings. The summed E-state index contributed by atoms with van der Waals surface area (Å²) in [6, 6.07) is 10.0. The van der Waals surface area contributed by atoms with Gasteiger partial charge in [0.15, 0.2) is 5.96 Å². The predicted octanol–water partition coefficient (Wildman–Crippen LogP) is 2.97. The van der Waals surface area contributed by atoms with Gasteiger partial charge >= 0.3 is 0 Å². The summed E-state index contributed by atoms with van der Waals surface area (Å²) >= 11 is 0. The van der Waals surface area contributed by atoms with Gasteiger partial charge in [-0.15, -0.1) is 24.0 Å². The standard InChI is InChI=1S/C17H23N3O2.HI/c1-18-16(19-12-17(21)8-5-9-17)20(2)11-14-10-13-6-3-4-7-15(13)22-14;/h3-4,6-7,10,21H,5,8-9,11-12H2,1-2H3,(H,18,19);1H. The number of para-hydroxylation sites is 1. The topological polar surface area (TPSA) is 61.0 Å². The van der Waals surface area contributed by atoms with Crippen molar-refractivity contribution in [2.75, 3.05) is 20.6 Å². The summed E-state index contributed by atoms with van der Waals surface area (Å²) in [7, 11) is 3.72. The van der Waals surface area contributed by atoms with Crippen LogP contribution in [0.15, 0.2) is 39.7 Å². The maximum absolute atomic E-state index is 10.2. The zero-order valence-corrected chi connectivity index (χ0v) is 15.9. The van der Waals surface area contributed by atoms with Crippen molar-refractivity contribution < 1.29 is 9.52 Å². The van der Waals surface area contributed by atoms with Gasteiger partial charge in [0.25, 0.3) is 0 Å². The maximum atomic E-state index is 10.2. The van der Waals surface area contributed by atoms with Gasteiger partial charge in [-0.2, -0.15) is 0 Å². The van der Waals surface area contributed by atoms with Crippen LogP contribution in [0.3, 0.4) is 0 Å². The fraction of sp³-hybridized carbons (Fsp3) is 0.471. The first-order chi connectivity index (χ1) is 10.6. The van der Waals surface area contributed by atoms with E-state index in [1.54, 1.807) is 7.05 Å². The number of aliphatic imine (C=N–C) groups is 1. The fourth-order valence-corrected chi connectivity index (χ4v) is 2.81. The Hall–Kier alpha value is -1.28. The highest BCUT2D eigenvalue weighted by Crippen LogP contribution is 2.30. The predicted molar refractivity (Wildman–Crippen MR) is 103 cm³/mol. The molecular formula is C17H24IN3O2. The van der Waals surface area contributed by atoms with Crippen LogP contribution in [-0.2, 0) is 6.54 Å². The molecule has 23 heavy (non-hydrogen) atoms. The summed E-state index contributed by atoms with van der Waals surface area (Å²) < 4.78 is 5.84. The number of halogens is 1. The van der Waals surface area contributed by atoms with Crippen molar-refractivity contribution in [2.45, 2.75) is 31.4 Å². The van der Waals surface area contributed by atoms with E-state index in [4.69, 9.17) is 4.42 Å². The second kappa shape index (κ2) is 7.53. The molecule has 5 nitrogen and oxygen atoms in total.